The monoisotopic (exact) mass is 361 g/mol. The molecule has 7 heteroatoms. The summed E-state index contributed by atoms with van der Waals surface area (Å²) in [6.45, 7) is -0.0987. The van der Waals surface area contributed by atoms with Gasteiger partial charge in [-0.25, -0.2) is 9.97 Å². The van der Waals surface area contributed by atoms with Crippen LogP contribution in [0, 0.1) is 0 Å². The van der Waals surface area contributed by atoms with Crippen molar-refractivity contribution >= 4 is 56.3 Å². The van der Waals surface area contributed by atoms with Crippen molar-refractivity contribution in [1.29, 1.82) is 0 Å². The number of aromatic nitrogens is 3. The van der Waals surface area contributed by atoms with Gasteiger partial charge in [0.05, 0.1) is 45.9 Å². The number of benzene rings is 2. The Bertz CT molecular complexity index is 1080. The number of nitrogens with zero attached hydrogens (tertiary/aromatic N) is 3. The van der Waals surface area contributed by atoms with Crippen LogP contribution >= 0.6 is 23.2 Å². The molecule has 0 unspecified atom stereocenters. The lowest BCUT2D eigenvalue weighted by Crippen LogP contribution is -2.19. The Labute approximate surface area is 147 Å². The van der Waals surface area contributed by atoms with Crippen LogP contribution in [0.25, 0.3) is 33.1 Å². The first kappa shape index (κ1) is 15.6. The summed E-state index contributed by atoms with van der Waals surface area (Å²) in [4.78, 5) is 9.36. The number of aliphatic hydroxyl groups excluding tert-OH is 2. The van der Waals surface area contributed by atoms with E-state index in [4.69, 9.17) is 28.2 Å². The first-order valence-corrected chi connectivity index (χ1v) is 8.16. The molecule has 4 aromatic rings. The molecule has 0 aliphatic heterocycles. The zero-order valence-corrected chi connectivity index (χ0v) is 14.0. The van der Waals surface area contributed by atoms with Crippen LogP contribution in [0.3, 0.4) is 0 Å². The largest absolute Gasteiger partial charge is 0.394 e. The second-order valence-electron chi connectivity index (χ2n) is 5.62. The quantitative estimate of drug-likeness (QED) is 0.586. The van der Waals surface area contributed by atoms with E-state index in [1.54, 1.807) is 12.1 Å². The van der Waals surface area contributed by atoms with Crippen molar-refractivity contribution in [1.82, 2.24) is 14.5 Å². The molecule has 2 aromatic heterocycles. The van der Waals surface area contributed by atoms with E-state index in [1.807, 2.05) is 28.8 Å². The van der Waals surface area contributed by atoms with Crippen LogP contribution in [0.2, 0.25) is 10.0 Å². The highest BCUT2D eigenvalue weighted by molar-refractivity contribution is 6.42. The lowest BCUT2D eigenvalue weighted by molar-refractivity contribution is 0.0830. The molecule has 0 bridgehead atoms. The van der Waals surface area contributed by atoms with E-state index in [2.05, 4.69) is 4.98 Å². The molecule has 0 fully saturated rings. The van der Waals surface area contributed by atoms with E-state index >= 15 is 0 Å². The summed E-state index contributed by atoms with van der Waals surface area (Å²) in [5.74, 6) is 0. The van der Waals surface area contributed by atoms with Gasteiger partial charge in [0.15, 0.2) is 5.65 Å². The minimum absolute atomic E-state index is 0.224. The minimum atomic E-state index is -0.879. The highest BCUT2D eigenvalue weighted by atomic mass is 35.5. The summed E-state index contributed by atoms with van der Waals surface area (Å²) >= 11 is 12.2. The van der Waals surface area contributed by atoms with E-state index in [0.29, 0.717) is 26.7 Å². The molecule has 0 amide bonds. The molecule has 5 nitrogen and oxygen atoms in total. The molecule has 0 spiro atoms. The van der Waals surface area contributed by atoms with Gasteiger partial charge >= 0.3 is 0 Å². The van der Waals surface area contributed by atoms with Gasteiger partial charge in [-0.15, -0.1) is 0 Å². The molecule has 0 aliphatic rings. The van der Waals surface area contributed by atoms with Crippen molar-refractivity contribution in [2.45, 2.75) is 12.6 Å². The maximum absolute atomic E-state index is 9.88. The Morgan fingerprint density at radius 1 is 1.04 bits per heavy atom. The molecule has 4 rings (SSSR count). The molecule has 0 aliphatic carbocycles. The topological polar surface area (TPSA) is 71.2 Å². The van der Waals surface area contributed by atoms with Crippen LogP contribution in [0.4, 0.5) is 0 Å². The molecule has 2 N–H and O–H groups in total. The molecule has 122 valence electrons. The van der Waals surface area contributed by atoms with E-state index < -0.39 is 6.10 Å². The predicted octanol–water partition coefficient (Wildman–Crippen LogP) is 3.40. The van der Waals surface area contributed by atoms with Gasteiger partial charge in [0.25, 0.3) is 0 Å². The normalized spacial score (nSPS) is 13.2. The summed E-state index contributed by atoms with van der Waals surface area (Å²) in [6.07, 6.45) is -0.879. The van der Waals surface area contributed by atoms with Crippen molar-refractivity contribution in [3.05, 3.63) is 46.4 Å². The number of halogens is 2. The first-order valence-electron chi connectivity index (χ1n) is 7.41. The van der Waals surface area contributed by atoms with Gasteiger partial charge in [-0.05, 0) is 18.2 Å². The zero-order chi connectivity index (χ0) is 16.8. The fraction of sp³-hybridized carbons (Fsp3) is 0.176. The van der Waals surface area contributed by atoms with Crippen LogP contribution < -0.4 is 0 Å². The van der Waals surface area contributed by atoms with E-state index in [9.17, 15) is 10.2 Å². The second-order valence-corrected chi connectivity index (χ2v) is 6.43. The van der Waals surface area contributed by atoms with Gasteiger partial charge in [-0.2, -0.15) is 0 Å². The van der Waals surface area contributed by atoms with Gasteiger partial charge < -0.3 is 14.8 Å². The van der Waals surface area contributed by atoms with Gasteiger partial charge in [0.1, 0.15) is 5.52 Å². The van der Waals surface area contributed by atoms with Crippen molar-refractivity contribution in [2.24, 2.45) is 0 Å². The summed E-state index contributed by atoms with van der Waals surface area (Å²) in [5, 5.41) is 20.8. The smallest absolute Gasteiger partial charge is 0.160 e. The lowest BCUT2D eigenvalue weighted by Gasteiger charge is -2.11. The van der Waals surface area contributed by atoms with Crippen molar-refractivity contribution in [2.75, 3.05) is 6.61 Å². The maximum atomic E-state index is 9.88. The molecule has 24 heavy (non-hydrogen) atoms. The average Bonchev–Trinajstić information content (AvgIpc) is 2.87. The predicted molar refractivity (Wildman–Crippen MR) is 95.7 cm³/mol. The summed E-state index contributed by atoms with van der Waals surface area (Å²) in [6, 6.07) is 11.1. The minimum Gasteiger partial charge on any atom is -0.394 e. The highest BCUT2D eigenvalue weighted by Crippen LogP contribution is 2.31. The van der Waals surface area contributed by atoms with Crippen molar-refractivity contribution in [3.8, 4) is 0 Å². The second kappa shape index (κ2) is 5.86. The Morgan fingerprint density at radius 2 is 1.71 bits per heavy atom. The molecule has 0 saturated heterocycles. The molecule has 2 heterocycles. The lowest BCUT2D eigenvalue weighted by atomic mass is 10.2. The highest BCUT2D eigenvalue weighted by Gasteiger charge is 2.17. The van der Waals surface area contributed by atoms with Crippen LogP contribution in [0.5, 0.6) is 0 Å². The molecule has 1 atom stereocenters. The molecule has 0 saturated carbocycles. The van der Waals surface area contributed by atoms with E-state index in [-0.39, 0.29) is 13.2 Å². The van der Waals surface area contributed by atoms with Crippen LogP contribution in [0.15, 0.2) is 36.4 Å². The standard InChI is InChI=1S/C17H13Cl2N3O2/c18-11-5-13-14(6-12(11)19)21-17-16(20-13)10-3-1-2-4-15(10)22(17)7-9(24)8-23/h1-6,9,23-24H,7-8H2/t9-/m0/s1. The number of fused-ring (bicyclic) bond motifs is 4. The Morgan fingerprint density at radius 3 is 2.42 bits per heavy atom. The van der Waals surface area contributed by atoms with Crippen molar-refractivity contribution in [3.63, 3.8) is 0 Å². The number of hydrogen-bond donors (Lipinski definition) is 2. The third-order valence-corrected chi connectivity index (χ3v) is 4.72. The number of rotatable bonds is 3. The fourth-order valence-electron chi connectivity index (χ4n) is 2.89. The Kier molecular flexibility index (Phi) is 3.81. The summed E-state index contributed by atoms with van der Waals surface area (Å²) < 4.78 is 1.86. The molecule has 2 aromatic carbocycles. The SMILES string of the molecule is OC[C@@H](O)Cn1c2ccccc2c2nc3cc(Cl)c(Cl)cc3nc21. The number of aliphatic hydroxyl groups is 2. The molecule has 0 radical (unpaired) electrons. The van der Waals surface area contributed by atoms with Gasteiger partial charge in [0.2, 0.25) is 0 Å². The van der Waals surface area contributed by atoms with Gasteiger partial charge in [0, 0.05) is 5.39 Å². The molecular formula is C17H13Cl2N3O2. The third-order valence-electron chi connectivity index (χ3n) is 4.00. The third kappa shape index (κ3) is 2.41. The number of para-hydroxylation sites is 1. The summed E-state index contributed by atoms with van der Waals surface area (Å²) in [7, 11) is 0. The zero-order valence-electron chi connectivity index (χ0n) is 12.4. The van der Waals surface area contributed by atoms with Crippen LogP contribution in [-0.2, 0) is 6.54 Å². The van der Waals surface area contributed by atoms with Crippen LogP contribution in [0.1, 0.15) is 0 Å². The van der Waals surface area contributed by atoms with Gasteiger partial charge in [-0.1, -0.05) is 41.4 Å². The van der Waals surface area contributed by atoms with Gasteiger partial charge in [-0.3, -0.25) is 0 Å². The first-order chi connectivity index (χ1) is 11.6. The summed E-state index contributed by atoms with van der Waals surface area (Å²) in [5.41, 5.74) is 3.53. The Hall–Kier alpha value is -1.92. The molecular weight excluding hydrogens is 349 g/mol. The van der Waals surface area contributed by atoms with Crippen LogP contribution in [-0.4, -0.2) is 37.5 Å². The van der Waals surface area contributed by atoms with Crippen molar-refractivity contribution < 1.29 is 10.2 Å². The average molecular weight is 362 g/mol. The maximum Gasteiger partial charge on any atom is 0.160 e. The number of hydrogen-bond acceptors (Lipinski definition) is 4. The van der Waals surface area contributed by atoms with E-state index in [0.717, 1.165) is 16.4 Å². The Balaban J connectivity index is 2.10. The van der Waals surface area contributed by atoms with E-state index in [1.165, 1.54) is 0 Å². The fourth-order valence-corrected chi connectivity index (χ4v) is 3.20.